The van der Waals surface area contributed by atoms with Crippen LogP contribution in [0.1, 0.15) is 48.4 Å². The number of hydrogen-bond acceptors (Lipinski definition) is 4. The number of hydrogen-bond donors (Lipinski definition) is 1. The predicted molar refractivity (Wildman–Crippen MR) is 167 cm³/mol. The Hall–Kier alpha value is -3.36. The molecule has 0 aromatic heterocycles. The summed E-state index contributed by atoms with van der Waals surface area (Å²) in [6.07, 6.45) is 2.68. The van der Waals surface area contributed by atoms with Crippen molar-refractivity contribution in [1.82, 2.24) is 10.2 Å². The van der Waals surface area contributed by atoms with E-state index in [0.717, 1.165) is 28.7 Å². The lowest BCUT2D eigenvalue weighted by atomic mass is 10.0. The second kappa shape index (κ2) is 15.0. The zero-order valence-electron chi connectivity index (χ0n) is 24.3. The summed E-state index contributed by atoms with van der Waals surface area (Å²) in [5, 5.41) is 3.55. The first kappa shape index (κ1) is 32.2. The Morgan fingerprint density at radius 2 is 1.61 bits per heavy atom. The molecular weight excluding hydrogens is 558 g/mol. The van der Waals surface area contributed by atoms with Crippen LogP contribution >= 0.6 is 11.6 Å². The molecule has 0 aliphatic heterocycles. The number of amides is 2. The van der Waals surface area contributed by atoms with E-state index in [1.807, 2.05) is 75.4 Å². The number of nitrogens with zero attached hydrogens (tertiary/aromatic N) is 2. The molecule has 0 radical (unpaired) electrons. The van der Waals surface area contributed by atoms with Crippen LogP contribution in [0, 0.1) is 13.8 Å². The summed E-state index contributed by atoms with van der Waals surface area (Å²) in [5.41, 5.74) is 4.42. The molecule has 1 atom stereocenters. The van der Waals surface area contributed by atoms with E-state index in [9.17, 15) is 18.0 Å². The zero-order valence-corrected chi connectivity index (χ0v) is 25.8. The average molecular weight is 598 g/mol. The first-order valence-electron chi connectivity index (χ1n) is 13.9. The van der Waals surface area contributed by atoms with Crippen LogP contribution in [0.2, 0.25) is 5.02 Å². The Labute approximate surface area is 249 Å². The molecule has 7 nitrogen and oxygen atoms in total. The minimum absolute atomic E-state index is 0.0802. The van der Waals surface area contributed by atoms with Crippen molar-refractivity contribution in [2.75, 3.05) is 23.7 Å². The molecule has 41 heavy (non-hydrogen) atoms. The molecule has 9 heteroatoms. The van der Waals surface area contributed by atoms with Gasteiger partial charge in [0.1, 0.15) is 6.04 Å². The van der Waals surface area contributed by atoms with Crippen LogP contribution in [-0.2, 0) is 32.6 Å². The van der Waals surface area contributed by atoms with Crippen molar-refractivity contribution in [2.24, 2.45) is 0 Å². The van der Waals surface area contributed by atoms with Gasteiger partial charge in [0, 0.05) is 37.5 Å². The molecule has 0 aliphatic carbocycles. The van der Waals surface area contributed by atoms with Crippen LogP contribution in [0.5, 0.6) is 0 Å². The van der Waals surface area contributed by atoms with Crippen LogP contribution in [0.3, 0.4) is 0 Å². The maximum atomic E-state index is 13.8. The van der Waals surface area contributed by atoms with E-state index in [1.54, 1.807) is 23.1 Å². The topological polar surface area (TPSA) is 86.8 Å². The fourth-order valence-electron chi connectivity index (χ4n) is 4.59. The van der Waals surface area contributed by atoms with Crippen molar-refractivity contribution in [3.63, 3.8) is 0 Å². The number of rotatable bonds is 14. The van der Waals surface area contributed by atoms with Gasteiger partial charge in [0.15, 0.2) is 0 Å². The average Bonchev–Trinajstić information content (AvgIpc) is 2.94. The third-order valence-corrected chi connectivity index (χ3v) is 8.46. The summed E-state index contributed by atoms with van der Waals surface area (Å²) >= 11 is 6.09. The van der Waals surface area contributed by atoms with E-state index in [-0.39, 0.29) is 31.3 Å². The molecule has 0 unspecified atom stereocenters. The van der Waals surface area contributed by atoms with Crippen LogP contribution < -0.4 is 9.62 Å². The molecule has 3 aromatic carbocycles. The normalized spacial score (nSPS) is 12.0. The Balaban J connectivity index is 1.87. The van der Waals surface area contributed by atoms with Gasteiger partial charge in [-0.25, -0.2) is 8.42 Å². The van der Waals surface area contributed by atoms with Crippen molar-refractivity contribution in [2.45, 2.75) is 59.0 Å². The number of aryl methyl sites for hydroxylation is 2. The van der Waals surface area contributed by atoms with Gasteiger partial charge < -0.3 is 10.2 Å². The third kappa shape index (κ3) is 9.61. The lowest BCUT2D eigenvalue weighted by Crippen LogP contribution is -2.50. The Morgan fingerprint density at radius 1 is 0.927 bits per heavy atom. The molecule has 0 bridgehead atoms. The third-order valence-electron chi connectivity index (χ3n) is 7.02. The van der Waals surface area contributed by atoms with E-state index >= 15 is 0 Å². The highest BCUT2D eigenvalue weighted by Gasteiger charge is 2.30. The molecular formula is C32H40ClN3O4S. The van der Waals surface area contributed by atoms with Gasteiger partial charge in [-0.1, -0.05) is 67.1 Å². The molecule has 2 amide bonds. The van der Waals surface area contributed by atoms with Crippen LogP contribution in [0.15, 0.2) is 72.8 Å². The van der Waals surface area contributed by atoms with E-state index in [4.69, 9.17) is 11.6 Å². The van der Waals surface area contributed by atoms with Crippen LogP contribution in [0.4, 0.5) is 5.69 Å². The highest BCUT2D eigenvalue weighted by atomic mass is 35.5. The molecule has 220 valence electrons. The van der Waals surface area contributed by atoms with Gasteiger partial charge in [0.2, 0.25) is 21.8 Å². The van der Waals surface area contributed by atoms with Crippen molar-refractivity contribution in [1.29, 1.82) is 0 Å². The van der Waals surface area contributed by atoms with E-state index in [1.165, 1.54) is 10.6 Å². The fourth-order valence-corrected chi connectivity index (χ4v) is 5.67. The number of halogens is 1. The molecule has 0 saturated carbocycles. The summed E-state index contributed by atoms with van der Waals surface area (Å²) in [6.45, 7) is 6.76. The number of anilines is 1. The van der Waals surface area contributed by atoms with Gasteiger partial charge in [-0.3, -0.25) is 13.9 Å². The molecule has 0 heterocycles. The smallest absolute Gasteiger partial charge is 0.243 e. The van der Waals surface area contributed by atoms with Gasteiger partial charge >= 0.3 is 0 Å². The number of carbonyl (C=O) groups is 2. The molecule has 0 spiro atoms. The standard InChI is InChI=1S/C32H40ClN3O4S/c1-5-19-34-32(38)30(22-26-10-7-6-8-11-26)35(23-27-14-16-28(33)17-15-27)31(37)12-9-20-36(41(4,39)40)29-18-13-24(2)25(3)21-29/h6-8,10-11,13-18,21,30H,5,9,12,19-20,22-23H2,1-4H3,(H,34,38)/t30-/m0/s1. The molecule has 3 rings (SSSR count). The SMILES string of the molecule is CCCNC(=O)[C@H](Cc1ccccc1)N(Cc1ccc(Cl)cc1)C(=O)CCCN(c1ccc(C)c(C)c1)S(C)(=O)=O. The van der Waals surface area contributed by atoms with Gasteiger partial charge in [-0.05, 0) is 73.2 Å². The van der Waals surface area contributed by atoms with E-state index in [2.05, 4.69) is 5.32 Å². The quantitative estimate of drug-likeness (QED) is 0.259. The lowest BCUT2D eigenvalue weighted by molar-refractivity contribution is -0.141. The van der Waals surface area contributed by atoms with Crippen LogP contribution in [-0.4, -0.2) is 50.5 Å². The lowest BCUT2D eigenvalue weighted by Gasteiger charge is -2.32. The summed E-state index contributed by atoms with van der Waals surface area (Å²) in [4.78, 5) is 28.9. The maximum absolute atomic E-state index is 13.8. The Morgan fingerprint density at radius 3 is 2.22 bits per heavy atom. The first-order valence-corrected chi connectivity index (χ1v) is 16.1. The van der Waals surface area contributed by atoms with Gasteiger partial charge in [-0.2, -0.15) is 0 Å². The number of carbonyl (C=O) groups excluding carboxylic acids is 2. The highest BCUT2D eigenvalue weighted by molar-refractivity contribution is 7.92. The Kier molecular flexibility index (Phi) is 11.8. The fraction of sp³-hybridized carbons (Fsp3) is 0.375. The summed E-state index contributed by atoms with van der Waals surface area (Å²) in [6, 6.07) is 21.6. The summed E-state index contributed by atoms with van der Waals surface area (Å²) in [5.74, 6) is -0.438. The monoisotopic (exact) mass is 597 g/mol. The molecule has 1 N–H and O–H groups in total. The molecule has 0 aliphatic rings. The second-order valence-corrected chi connectivity index (χ2v) is 12.7. The summed E-state index contributed by atoms with van der Waals surface area (Å²) in [7, 11) is -3.57. The van der Waals surface area contributed by atoms with Gasteiger partial charge in [0.05, 0.1) is 11.9 Å². The molecule has 3 aromatic rings. The Bertz CT molecular complexity index is 1410. The van der Waals surface area contributed by atoms with Gasteiger partial charge in [-0.15, -0.1) is 0 Å². The minimum Gasteiger partial charge on any atom is -0.354 e. The highest BCUT2D eigenvalue weighted by Crippen LogP contribution is 2.23. The van der Waals surface area contributed by atoms with Gasteiger partial charge in [0.25, 0.3) is 0 Å². The van der Waals surface area contributed by atoms with Crippen molar-refractivity contribution in [3.05, 3.63) is 100 Å². The number of nitrogens with one attached hydrogen (secondary N) is 1. The first-order chi connectivity index (χ1) is 19.5. The number of benzene rings is 3. The zero-order chi connectivity index (χ0) is 30.0. The van der Waals surface area contributed by atoms with Crippen LogP contribution in [0.25, 0.3) is 0 Å². The largest absolute Gasteiger partial charge is 0.354 e. The molecule has 0 saturated heterocycles. The summed E-state index contributed by atoms with van der Waals surface area (Å²) < 4.78 is 26.7. The molecule has 0 fully saturated rings. The maximum Gasteiger partial charge on any atom is 0.243 e. The van der Waals surface area contributed by atoms with Crippen molar-refractivity contribution < 1.29 is 18.0 Å². The van der Waals surface area contributed by atoms with Crippen molar-refractivity contribution in [3.8, 4) is 0 Å². The predicted octanol–water partition coefficient (Wildman–Crippen LogP) is 5.67. The van der Waals surface area contributed by atoms with E-state index in [0.29, 0.717) is 30.1 Å². The minimum atomic E-state index is -3.57. The van der Waals surface area contributed by atoms with E-state index < -0.39 is 16.1 Å². The van der Waals surface area contributed by atoms with Crippen molar-refractivity contribution >= 4 is 39.1 Å². The number of sulfonamides is 1. The second-order valence-electron chi connectivity index (χ2n) is 10.4.